The highest BCUT2D eigenvalue weighted by atomic mass is 32.2. The summed E-state index contributed by atoms with van der Waals surface area (Å²) in [6.07, 6.45) is 5.70. The first kappa shape index (κ1) is 23.8. The number of anilines is 1. The number of amides is 2. The summed E-state index contributed by atoms with van der Waals surface area (Å²) >= 11 is 2.24. The predicted molar refractivity (Wildman–Crippen MR) is 126 cm³/mol. The predicted octanol–water partition coefficient (Wildman–Crippen LogP) is -2.86. The third kappa shape index (κ3) is 3.76. The molecule has 188 valence electrons. The summed E-state index contributed by atoms with van der Waals surface area (Å²) in [4.78, 5) is 45.1. The lowest BCUT2D eigenvalue weighted by Gasteiger charge is -2.54. The Hall–Kier alpha value is -3.96. The fourth-order valence-electron chi connectivity index (χ4n) is 4.16. The van der Waals surface area contributed by atoms with Crippen molar-refractivity contribution in [3.8, 4) is 0 Å². The molecule has 2 aromatic rings. The molecule has 15 nitrogen and oxygen atoms in total. The number of carboxylic acids is 1. The molecule has 5 rings (SSSR count). The van der Waals surface area contributed by atoms with Gasteiger partial charge in [0, 0.05) is 6.07 Å². The van der Waals surface area contributed by atoms with Crippen molar-refractivity contribution in [1.82, 2.24) is 29.7 Å². The summed E-state index contributed by atoms with van der Waals surface area (Å²) in [5.41, 5.74) is 12.3. The molecule has 3 aliphatic heterocycles. The van der Waals surface area contributed by atoms with Crippen LogP contribution in [0.3, 0.4) is 0 Å². The number of rotatable bonds is 7. The van der Waals surface area contributed by atoms with E-state index in [0.717, 1.165) is 29.9 Å². The van der Waals surface area contributed by atoms with E-state index in [0.29, 0.717) is 16.5 Å². The first-order chi connectivity index (χ1) is 17.2. The minimum atomic E-state index is -1.57. The van der Waals surface area contributed by atoms with Gasteiger partial charge in [-0.25, -0.2) is 4.57 Å². The molecule has 3 aliphatic rings. The summed E-state index contributed by atoms with van der Waals surface area (Å²) in [7, 11) is 1.28. The largest absolute Gasteiger partial charge is 0.543 e. The van der Waals surface area contributed by atoms with Crippen LogP contribution in [-0.4, -0.2) is 61.0 Å². The van der Waals surface area contributed by atoms with Crippen molar-refractivity contribution in [2.75, 3.05) is 12.8 Å². The Balaban J connectivity index is 1.73. The minimum Gasteiger partial charge on any atom is -0.543 e. The first-order valence-electron chi connectivity index (χ1n) is 10.4. The lowest BCUT2D eigenvalue weighted by atomic mass is 10.0. The number of β-lactam (4-membered cyclic amide) rings is 1. The highest BCUT2D eigenvalue weighted by Crippen LogP contribution is 2.51. The van der Waals surface area contributed by atoms with Crippen LogP contribution in [0.15, 0.2) is 52.2 Å². The topological polar surface area (TPSA) is 200 Å². The second kappa shape index (κ2) is 8.92. The zero-order chi connectivity index (χ0) is 25.6. The average molecular weight is 533 g/mol. The summed E-state index contributed by atoms with van der Waals surface area (Å²) in [5, 5.41) is 24.3. The third-order valence-corrected chi connectivity index (χ3v) is 7.85. The van der Waals surface area contributed by atoms with Crippen LogP contribution in [0, 0.1) is 0 Å². The van der Waals surface area contributed by atoms with E-state index in [1.165, 1.54) is 27.7 Å². The second-order valence-electron chi connectivity index (χ2n) is 7.77. The number of hydrogen-bond acceptors (Lipinski definition) is 13. The molecular weight excluding hydrogens is 512 g/mol. The zero-order valence-electron chi connectivity index (χ0n) is 18.7. The smallest absolute Gasteiger partial charge is 0.310 e. The van der Waals surface area contributed by atoms with Gasteiger partial charge in [0.15, 0.2) is 0 Å². The van der Waals surface area contributed by atoms with E-state index >= 15 is 0 Å². The third-order valence-electron chi connectivity index (χ3n) is 5.68. The molecule has 5 heterocycles. The number of nitrogen functional groups attached to an aromatic ring is 1. The van der Waals surface area contributed by atoms with Gasteiger partial charge in [-0.1, -0.05) is 26.5 Å². The molecule has 1 fully saturated rings. The van der Waals surface area contributed by atoms with Crippen molar-refractivity contribution in [3.63, 3.8) is 0 Å². The Morgan fingerprint density at radius 1 is 1.47 bits per heavy atom. The van der Waals surface area contributed by atoms with Gasteiger partial charge in [0.05, 0.1) is 53.7 Å². The monoisotopic (exact) mass is 532 g/mol. The fourth-order valence-corrected chi connectivity index (χ4v) is 6.39. The molecule has 0 bridgehead atoms. The van der Waals surface area contributed by atoms with Crippen molar-refractivity contribution in [2.24, 2.45) is 10.9 Å². The molecule has 0 radical (unpaired) electrons. The quantitative estimate of drug-likeness (QED) is 0.0936. The maximum atomic E-state index is 12.9. The Bertz CT molecular complexity index is 1370. The van der Waals surface area contributed by atoms with Gasteiger partial charge in [-0.15, -0.1) is 0 Å². The second-order valence-corrected chi connectivity index (χ2v) is 10.00. The molecule has 2 aromatic heterocycles. The van der Waals surface area contributed by atoms with Crippen molar-refractivity contribution in [2.45, 2.75) is 23.3 Å². The highest BCUT2D eigenvalue weighted by Gasteiger charge is 2.57. The highest BCUT2D eigenvalue weighted by molar-refractivity contribution is 8.02. The van der Waals surface area contributed by atoms with Gasteiger partial charge in [0.1, 0.15) is 24.9 Å². The number of nitrogens with two attached hydrogens (primary N) is 2. The molecule has 1 unspecified atom stereocenters. The van der Waals surface area contributed by atoms with E-state index in [1.807, 2.05) is 0 Å². The molecule has 17 heteroatoms. The van der Waals surface area contributed by atoms with Crippen LogP contribution in [0.2, 0.25) is 0 Å². The van der Waals surface area contributed by atoms with E-state index < -0.39 is 22.2 Å². The molecule has 6 N–H and O–H groups in total. The van der Waals surface area contributed by atoms with E-state index in [9.17, 15) is 19.5 Å². The van der Waals surface area contributed by atoms with Gasteiger partial charge < -0.3 is 31.5 Å². The summed E-state index contributed by atoms with van der Waals surface area (Å²) < 4.78 is 3.16. The number of aliphatic carboxylic acids is 1. The Morgan fingerprint density at radius 3 is 2.94 bits per heavy atom. The fraction of sp³-hybridized carbons (Fsp3) is 0.263. The normalized spacial score (nSPS) is 23.6. The Morgan fingerprint density at radius 2 is 2.28 bits per heavy atom. The van der Waals surface area contributed by atoms with Crippen LogP contribution in [0.5, 0.6) is 0 Å². The van der Waals surface area contributed by atoms with Gasteiger partial charge in [-0.2, -0.15) is 4.83 Å². The SMILES string of the molecule is CON=CC(=O)NC1(N2C=C(N)SN2)S[C@H]2CC(=O)N2C(C(=O)[O-])=C1C[n+]1ccc(N)n2nccc21. The van der Waals surface area contributed by atoms with Gasteiger partial charge >= 0.3 is 5.65 Å². The number of oxime groups is 1. The lowest BCUT2D eigenvalue weighted by Crippen LogP contribution is -2.69. The molecule has 0 aliphatic carbocycles. The maximum absolute atomic E-state index is 12.9. The number of nitrogens with zero attached hydrogens (tertiary/aromatic N) is 6. The molecule has 2 amide bonds. The van der Waals surface area contributed by atoms with E-state index in [-0.39, 0.29) is 30.1 Å². The van der Waals surface area contributed by atoms with Gasteiger partial charge in [0.25, 0.3) is 5.91 Å². The van der Waals surface area contributed by atoms with Crippen LogP contribution in [0.4, 0.5) is 5.82 Å². The van der Waals surface area contributed by atoms with Crippen LogP contribution in [-0.2, 0) is 25.8 Å². The maximum Gasteiger partial charge on any atom is 0.310 e. The number of fused-ring (bicyclic) bond motifs is 2. The van der Waals surface area contributed by atoms with Crippen molar-refractivity contribution >= 4 is 59.2 Å². The first-order valence-corrected chi connectivity index (χ1v) is 12.1. The van der Waals surface area contributed by atoms with Crippen LogP contribution in [0.25, 0.3) is 5.65 Å². The molecule has 2 atom stereocenters. The number of aromatic nitrogens is 3. The van der Waals surface area contributed by atoms with E-state index in [4.69, 9.17) is 11.5 Å². The number of carbonyl (C=O) groups excluding carboxylic acids is 3. The summed E-state index contributed by atoms with van der Waals surface area (Å²) in [6, 6.07) is 3.29. The van der Waals surface area contributed by atoms with Crippen LogP contribution < -0.4 is 31.3 Å². The van der Waals surface area contributed by atoms with Crippen molar-refractivity contribution in [3.05, 3.63) is 47.0 Å². The van der Waals surface area contributed by atoms with Gasteiger partial charge in [-0.3, -0.25) is 19.5 Å². The molecule has 0 spiro atoms. The number of hydrazine groups is 1. The number of carboxylic acid groups (broad SMARTS) is 1. The van der Waals surface area contributed by atoms with Crippen molar-refractivity contribution in [1.29, 1.82) is 0 Å². The van der Waals surface area contributed by atoms with E-state index in [2.05, 4.69) is 25.2 Å². The minimum absolute atomic E-state index is 0.0700. The van der Waals surface area contributed by atoms with Crippen LogP contribution in [0.1, 0.15) is 6.42 Å². The molecule has 0 aromatic carbocycles. The Labute approximate surface area is 211 Å². The number of nitrogens with one attached hydrogen (secondary N) is 2. The zero-order valence-corrected chi connectivity index (χ0v) is 20.3. The average Bonchev–Trinajstić information content (AvgIpc) is 3.50. The number of hydrogen-bond donors (Lipinski definition) is 4. The lowest BCUT2D eigenvalue weighted by molar-refractivity contribution is -0.667. The van der Waals surface area contributed by atoms with Gasteiger partial charge in [-0.05, 0) is 11.9 Å². The van der Waals surface area contributed by atoms with Gasteiger partial charge in [0.2, 0.25) is 16.7 Å². The number of carbonyl (C=O) groups is 3. The van der Waals surface area contributed by atoms with E-state index in [1.54, 1.807) is 29.1 Å². The van der Waals surface area contributed by atoms with Crippen LogP contribution >= 0.6 is 23.7 Å². The number of thioether (sulfide) groups is 1. The summed E-state index contributed by atoms with van der Waals surface area (Å²) in [6.45, 7) is -0.0966. The Kier molecular flexibility index (Phi) is 5.89. The van der Waals surface area contributed by atoms with Crippen molar-refractivity contribution < 1.29 is 28.9 Å². The summed E-state index contributed by atoms with van der Waals surface area (Å²) in [5.74, 6) is -2.27. The standard InChI is InChI=1S/C19H20N10O5S2/c1-34-23-7-13(30)24-19(27-9-12(21)36-25-27)10(17(18(32)33)28-15(31)6-16(28)35-19)8-26-5-3-11(20)29-14(26)2-4-22-29/h2-5,7,9,16,20,25H,6,8,21H2,1H3,(H2,24,30,32,33)/t16-,19?/m0/s1. The molecule has 1 saturated heterocycles. The molecular formula is C19H20N10O5S2. The molecule has 36 heavy (non-hydrogen) atoms. The molecule has 0 saturated carbocycles.